The van der Waals surface area contributed by atoms with Crippen molar-refractivity contribution < 1.29 is 13.5 Å². The van der Waals surface area contributed by atoms with Crippen molar-refractivity contribution in [2.45, 2.75) is 50.7 Å². The number of benzene rings is 1. The van der Waals surface area contributed by atoms with E-state index in [4.69, 9.17) is 0 Å². The second-order valence-corrected chi connectivity index (χ2v) is 6.66. The van der Waals surface area contributed by atoms with E-state index in [2.05, 4.69) is 4.72 Å². The number of nitrogens with one attached hydrogen (secondary N) is 1. The van der Waals surface area contributed by atoms with Crippen LogP contribution in [0.3, 0.4) is 0 Å². The lowest BCUT2D eigenvalue weighted by atomic mass is 10.0. The first-order chi connectivity index (χ1) is 8.32. The van der Waals surface area contributed by atoms with E-state index in [1.807, 2.05) is 20.8 Å². The second kappa shape index (κ2) is 5.82. The minimum Gasteiger partial charge on any atom is -0.392 e. The molecule has 0 aliphatic heterocycles. The molecule has 0 heterocycles. The fourth-order valence-corrected chi connectivity index (χ4v) is 3.67. The lowest BCUT2D eigenvalue weighted by molar-refractivity contribution is 0.278. The van der Waals surface area contributed by atoms with Gasteiger partial charge in [0.15, 0.2) is 0 Å². The smallest absolute Gasteiger partial charge is 0.241 e. The zero-order valence-electron chi connectivity index (χ0n) is 11.1. The molecular weight excluding hydrogens is 250 g/mol. The summed E-state index contributed by atoms with van der Waals surface area (Å²) in [5, 5.41) is 9.19. The molecule has 0 bridgehead atoms. The average Bonchev–Trinajstić information content (AvgIpc) is 2.27. The van der Waals surface area contributed by atoms with Gasteiger partial charge < -0.3 is 5.11 Å². The van der Waals surface area contributed by atoms with Gasteiger partial charge in [-0.15, -0.1) is 0 Å². The molecule has 4 nitrogen and oxygen atoms in total. The number of sulfonamides is 1. The summed E-state index contributed by atoms with van der Waals surface area (Å²) in [6.45, 7) is 5.44. The van der Waals surface area contributed by atoms with E-state index in [-0.39, 0.29) is 11.5 Å². The molecule has 1 aromatic rings. The highest BCUT2D eigenvalue weighted by Gasteiger charge is 2.26. The third kappa shape index (κ3) is 3.80. The summed E-state index contributed by atoms with van der Waals surface area (Å²) >= 11 is 0. The highest BCUT2D eigenvalue weighted by molar-refractivity contribution is 7.89. The van der Waals surface area contributed by atoms with Crippen LogP contribution in [0.5, 0.6) is 0 Å². The maximum atomic E-state index is 12.3. The number of rotatable bonds is 6. The lowest BCUT2D eigenvalue weighted by Crippen LogP contribution is -2.43. The second-order valence-electron chi connectivity index (χ2n) is 5.01. The van der Waals surface area contributed by atoms with Gasteiger partial charge in [-0.05, 0) is 31.9 Å². The number of hydrogen-bond acceptors (Lipinski definition) is 3. The molecule has 1 rings (SSSR count). The van der Waals surface area contributed by atoms with Gasteiger partial charge in [0, 0.05) is 5.54 Å². The fraction of sp³-hybridized carbons (Fsp3) is 0.538. The van der Waals surface area contributed by atoms with Gasteiger partial charge in [-0.1, -0.05) is 31.5 Å². The van der Waals surface area contributed by atoms with E-state index in [9.17, 15) is 13.5 Å². The van der Waals surface area contributed by atoms with E-state index in [1.54, 1.807) is 18.2 Å². The first-order valence-corrected chi connectivity index (χ1v) is 7.53. The molecule has 18 heavy (non-hydrogen) atoms. The van der Waals surface area contributed by atoms with Crippen LogP contribution in [-0.2, 0) is 16.6 Å². The Balaban J connectivity index is 3.07. The zero-order chi connectivity index (χ0) is 13.8. The van der Waals surface area contributed by atoms with Crippen molar-refractivity contribution in [3.05, 3.63) is 29.8 Å². The van der Waals surface area contributed by atoms with Crippen molar-refractivity contribution >= 4 is 10.0 Å². The summed E-state index contributed by atoms with van der Waals surface area (Å²) < 4.78 is 27.2. The molecule has 0 spiro atoms. The van der Waals surface area contributed by atoms with Crippen molar-refractivity contribution in [1.29, 1.82) is 0 Å². The lowest BCUT2D eigenvalue weighted by Gasteiger charge is -2.25. The summed E-state index contributed by atoms with van der Waals surface area (Å²) in [7, 11) is -3.59. The van der Waals surface area contributed by atoms with Crippen LogP contribution in [0.2, 0.25) is 0 Å². The minimum atomic E-state index is -3.59. The van der Waals surface area contributed by atoms with Crippen molar-refractivity contribution in [3.8, 4) is 0 Å². The quantitative estimate of drug-likeness (QED) is 0.832. The van der Waals surface area contributed by atoms with E-state index < -0.39 is 15.6 Å². The molecule has 102 valence electrons. The molecule has 0 aromatic heterocycles. The molecule has 0 aliphatic carbocycles. The van der Waals surface area contributed by atoms with Gasteiger partial charge in [-0.25, -0.2) is 13.1 Å². The van der Waals surface area contributed by atoms with Crippen molar-refractivity contribution in [2.24, 2.45) is 0 Å². The third-order valence-electron chi connectivity index (χ3n) is 2.72. The third-order valence-corrected chi connectivity index (χ3v) is 4.52. The Morgan fingerprint density at radius 1 is 1.28 bits per heavy atom. The van der Waals surface area contributed by atoms with Gasteiger partial charge in [0.25, 0.3) is 0 Å². The molecular formula is C13H21NO3S. The van der Waals surface area contributed by atoms with Crippen LogP contribution in [0.4, 0.5) is 0 Å². The molecule has 0 saturated heterocycles. The predicted molar refractivity (Wildman–Crippen MR) is 71.7 cm³/mol. The maximum Gasteiger partial charge on any atom is 0.241 e. The van der Waals surface area contributed by atoms with Crippen molar-refractivity contribution in [3.63, 3.8) is 0 Å². The van der Waals surface area contributed by atoms with Gasteiger partial charge in [-0.2, -0.15) is 0 Å². The monoisotopic (exact) mass is 271 g/mol. The topological polar surface area (TPSA) is 66.4 Å². The molecule has 0 amide bonds. The Morgan fingerprint density at radius 3 is 2.44 bits per heavy atom. The van der Waals surface area contributed by atoms with Crippen LogP contribution >= 0.6 is 0 Å². The summed E-state index contributed by atoms with van der Waals surface area (Å²) in [5.41, 5.74) is -0.0758. The van der Waals surface area contributed by atoms with Crippen molar-refractivity contribution in [2.75, 3.05) is 0 Å². The summed E-state index contributed by atoms with van der Waals surface area (Å²) in [4.78, 5) is 0.150. The van der Waals surface area contributed by atoms with Crippen LogP contribution in [0.25, 0.3) is 0 Å². The highest BCUT2D eigenvalue weighted by atomic mass is 32.2. The minimum absolute atomic E-state index is 0.150. The Labute approximate surface area is 109 Å². The summed E-state index contributed by atoms with van der Waals surface area (Å²) in [5.74, 6) is 0. The van der Waals surface area contributed by atoms with Gasteiger partial charge >= 0.3 is 0 Å². The van der Waals surface area contributed by atoms with E-state index in [0.29, 0.717) is 5.56 Å². The normalized spacial score (nSPS) is 12.7. The molecule has 0 aliphatic rings. The van der Waals surface area contributed by atoms with Crippen LogP contribution < -0.4 is 4.72 Å². The van der Waals surface area contributed by atoms with Gasteiger partial charge in [0.2, 0.25) is 10.0 Å². The van der Waals surface area contributed by atoms with Crippen LogP contribution in [-0.4, -0.2) is 19.1 Å². The molecule has 0 atom stereocenters. The number of aliphatic hydroxyl groups excluding tert-OH is 1. The Kier molecular flexibility index (Phi) is 4.90. The van der Waals surface area contributed by atoms with Crippen LogP contribution in [0.1, 0.15) is 39.2 Å². The standard InChI is InChI=1S/C13H21NO3S/c1-4-9-13(2,3)14-18(16,17)12-8-6-5-7-11(12)10-15/h5-8,14-15H,4,9-10H2,1-3H3. The average molecular weight is 271 g/mol. The molecule has 0 radical (unpaired) electrons. The van der Waals surface area contributed by atoms with Crippen LogP contribution in [0, 0.1) is 0 Å². The van der Waals surface area contributed by atoms with Crippen molar-refractivity contribution in [1.82, 2.24) is 4.72 Å². The molecule has 5 heteroatoms. The first kappa shape index (κ1) is 15.1. The molecule has 0 saturated carbocycles. The maximum absolute atomic E-state index is 12.3. The van der Waals surface area contributed by atoms with E-state index >= 15 is 0 Å². The molecule has 1 aromatic carbocycles. The Bertz CT molecular complexity index is 495. The van der Waals surface area contributed by atoms with Gasteiger partial charge in [0.1, 0.15) is 0 Å². The Hall–Kier alpha value is -0.910. The Morgan fingerprint density at radius 2 is 1.89 bits per heavy atom. The number of aliphatic hydroxyl groups is 1. The van der Waals surface area contributed by atoms with E-state index in [1.165, 1.54) is 6.07 Å². The SMILES string of the molecule is CCCC(C)(C)NS(=O)(=O)c1ccccc1CO. The van der Waals surface area contributed by atoms with E-state index in [0.717, 1.165) is 12.8 Å². The largest absolute Gasteiger partial charge is 0.392 e. The zero-order valence-corrected chi connectivity index (χ0v) is 11.9. The molecule has 0 unspecified atom stereocenters. The predicted octanol–water partition coefficient (Wildman–Crippen LogP) is 2.04. The highest BCUT2D eigenvalue weighted by Crippen LogP contribution is 2.20. The summed E-state index contributed by atoms with van der Waals surface area (Å²) in [6.07, 6.45) is 1.66. The first-order valence-electron chi connectivity index (χ1n) is 6.05. The summed E-state index contributed by atoms with van der Waals surface area (Å²) in [6, 6.07) is 6.49. The molecule has 2 N–H and O–H groups in total. The van der Waals surface area contributed by atoms with Gasteiger partial charge in [0.05, 0.1) is 11.5 Å². The fourth-order valence-electron chi connectivity index (χ4n) is 1.99. The molecule has 0 fully saturated rings. The van der Waals surface area contributed by atoms with Gasteiger partial charge in [-0.3, -0.25) is 0 Å². The van der Waals surface area contributed by atoms with Crippen LogP contribution in [0.15, 0.2) is 29.2 Å². The number of hydrogen-bond donors (Lipinski definition) is 2.